The molecule has 1 aromatic heterocycles. The summed E-state index contributed by atoms with van der Waals surface area (Å²) in [6.07, 6.45) is 4.61. The Morgan fingerprint density at radius 3 is 2.45 bits per heavy atom. The van der Waals surface area contributed by atoms with Crippen LogP contribution in [0, 0.1) is 0 Å². The van der Waals surface area contributed by atoms with Crippen LogP contribution in [-0.2, 0) is 0 Å². The fourth-order valence-corrected chi connectivity index (χ4v) is 2.95. The van der Waals surface area contributed by atoms with Crippen LogP contribution in [0.1, 0.15) is 25.7 Å². The van der Waals surface area contributed by atoms with Gasteiger partial charge in [-0.05, 0) is 57.4 Å². The smallest absolute Gasteiger partial charge is 0.231 e. The molecule has 0 atom stereocenters. The van der Waals surface area contributed by atoms with E-state index in [-0.39, 0.29) is 5.28 Å². The number of halogens is 1. The Bertz CT molecular complexity index is 454. The number of likely N-dealkylation sites (tertiary alicyclic amines) is 1. The summed E-state index contributed by atoms with van der Waals surface area (Å²) < 4.78 is 0. The second kappa shape index (κ2) is 6.10. The SMILES string of the molecule is CN1CCC(Nc2nc(Cl)nc(N3CCCC3)n2)CC1. The number of piperidine rings is 1. The van der Waals surface area contributed by atoms with Gasteiger partial charge in [-0.3, -0.25) is 0 Å². The monoisotopic (exact) mass is 296 g/mol. The van der Waals surface area contributed by atoms with Gasteiger partial charge in [-0.2, -0.15) is 15.0 Å². The molecule has 20 heavy (non-hydrogen) atoms. The van der Waals surface area contributed by atoms with Crippen molar-refractivity contribution in [2.45, 2.75) is 31.7 Å². The third-order valence-electron chi connectivity index (χ3n) is 4.04. The highest BCUT2D eigenvalue weighted by molar-refractivity contribution is 6.28. The van der Waals surface area contributed by atoms with Crippen LogP contribution in [0.15, 0.2) is 0 Å². The molecule has 1 aromatic rings. The van der Waals surface area contributed by atoms with Crippen molar-refractivity contribution in [1.29, 1.82) is 0 Å². The number of rotatable bonds is 3. The molecule has 0 bridgehead atoms. The molecule has 3 heterocycles. The zero-order chi connectivity index (χ0) is 13.9. The standard InChI is InChI=1S/C13H21ClN6/c1-19-8-4-10(5-9-19)15-12-16-11(14)17-13(18-12)20-6-2-3-7-20/h10H,2-9H2,1H3,(H,15,16,17,18). The summed E-state index contributed by atoms with van der Waals surface area (Å²) in [4.78, 5) is 17.5. The van der Waals surface area contributed by atoms with Crippen LogP contribution in [0.25, 0.3) is 0 Å². The summed E-state index contributed by atoms with van der Waals surface area (Å²) in [5.74, 6) is 1.32. The number of anilines is 2. The molecule has 0 saturated carbocycles. The van der Waals surface area contributed by atoms with Crippen LogP contribution in [-0.4, -0.2) is 59.1 Å². The number of nitrogens with one attached hydrogen (secondary N) is 1. The van der Waals surface area contributed by atoms with Crippen molar-refractivity contribution in [2.24, 2.45) is 0 Å². The van der Waals surface area contributed by atoms with E-state index in [0.29, 0.717) is 17.9 Å². The summed E-state index contributed by atoms with van der Waals surface area (Å²) in [7, 11) is 2.15. The van der Waals surface area contributed by atoms with Crippen LogP contribution in [0.2, 0.25) is 5.28 Å². The normalized spacial score (nSPS) is 21.4. The first-order valence-corrected chi connectivity index (χ1v) is 7.70. The van der Waals surface area contributed by atoms with Crippen LogP contribution in [0.5, 0.6) is 0 Å². The zero-order valence-corrected chi connectivity index (χ0v) is 12.6. The van der Waals surface area contributed by atoms with Gasteiger partial charge in [0.1, 0.15) is 0 Å². The van der Waals surface area contributed by atoms with Gasteiger partial charge in [0.2, 0.25) is 17.2 Å². The fraction of sp³-hybridized carbons (Fsp3) is 0.769. The Kier molecular flexibility index (Phi) is 4.21. The topological polar surface area (TPSA) is 57.2 Å². The average molecular weight is 297 g/mol. The number of nitrogens with zero attached hydrogens (tertiary/aromatic N) is 5. The van der Waals surface area contributed by atoms with E-state index in [9.17, 15) is 0 Å². The van der Waals surface area contributed by atoms with Gasteiger partial charge in [0, 0.05) is 19.1 Å². The lowest BCUT2D eigenvalue weighted by molar-refractivity contribution is 0.263. The van der Waals surface area contributed by atoms with Crippen molar-refractivity contribution in [3.8, 4) is 0 Å². The predicted molar refractivity (Wildman–Crippen MR) is 80.4 cm³/mol. The van der Waals surface area contributed by atoms with Crippen molar-refractivity contribution in [3.63, 3.8) is 0 Å². The molecule has 0 amide bonds. The molecule has 2 aliphatic rings. The molecular weight excluding hydrogens is 276 g/mol. The molecule has 0 spiro atoms. The minimum absolute atomic E-state index is 0.275. The maximum absolute atomic E-state index is 6.03. The Hall–Kier alpha value is -1.14. The first-order chi connectivity index (χ1) is 9.70. The van der Waals surface area contributed by atoms with Gasteiger partial charge in [-0.1, -0.05) is 0 Å². The Balaban J connectivity index is 1.69. The highest BCUT2D eigenvalue weighted by Crippen LogP contribution is 2.20. The third kappa shape index (κ3) is 3.30. The maximum Gasteiger partial charge on any atom is 0.231 e. The van der Waals surface area contributed by atoms with E-state index in [1.807, 2.05) is 0 Å². The molecule has 0 unspecified atom stereocenters. The Morgan fingerprint density at radius 2 is 1.75 bits per heavy atom. The van der Waals surface area contributed by atoms with E-state index in [0.717, 1.165) is 39.0 Å². The van der Waals surface area contributed by atoms with Gasteiger partial charge >= 0.3 is 0 Å². The third-order valence-corrected chi connectivity index (χ3v) is 4.21. The van der Waals surface area contributed by atoms with Gasteiger partial charge in [0.25, 0.3) is 0 Å². The summed E-state index contributed by atoms with van der Waals surface area (Å²) >= 11 is 6.03. The van der Waals surface area contributed by atoms with Crippen molar-refractivity contribution in [3.05, 3.63) is 5.28 Å². The van der Waals surface area contributed by atoms with E-state index in [1.165, 1.54) is 12.8 Å². The molecule has 2 saturated heterocycles. The van der Waals surface area contributed by atoms with Gasteiger partial charge < -0.3 is 15.1 Å². The Morgan fingerprint density at radius 1 is 1.05 bits per heavy atom. The minimum Gasteiger partial charge on any atom is -0.351 e. The van der Waals surface area contributed by atoms with E-state index in [4.69, 9.17) is 11.6 Å². The molecule has 3 rings (SSSR count). The van der Waals surface area contributed by atoms with E-state index >= 15 is 0 Å². The largest absolute Gasteiger partial charge is 0.351 e. The molecular formula is C13H21ClN6. The lowest BCUT2D eigenvalue weighted by atomic mass is 10.1. The van der Waals surface area contributed by atoms with Crippen LogP contribution >= 0.6 is 11.6 Å². The lowest BCUT2D eigenvalue weighted by Crippen LogP contribution is -2.37. The molecule has 110 valence electrons. The summed E-state index contributed by atoms with van der Waals surface area (Å²) in [6, 6.07) is 0.427. The molecule has 6 nitrogen and oxygen atoms in total. The van der Waals surface area contributed by atoms with E-state index in [2.05, 4.69) is 37.1 Å². The second-order valence-electron chi connectivity index (χ2n) is 5.64. The molecule has 0 aliphatic carbocycles. The number of hydrogen-bond acceptors (Lipinski definition) is 6. The molecule has 2 aliphatic heterocycles. The number of hydrogen-bond donors (Lipinski definition) is 1. The van der Waals surface area contributed by atoms with Gasteiger partial charge in [0.05, 0.1) is 0 Å². The predicted octanol–water partition coefficient (Wildman–Crippen LogP) is 1.63. The van der Waals surface area contributed by atoms with Gasteiger partial charge in [-0.15, -0.1) is 0 Å². The molecule has 1 N–H and O–H groups in total. The fourth-order valence-electron chi connectivity index (χ4n) is 2.80. The summed E-state index contributed by atoms with van der Waals surface area (Å²) in [6.45, 7) is 4.23. The van der Waals surface area contributed by atoms with Crippen LogP contribution in [0.3, 0.4) is 0 Å². The van der Waals surface area contributed by atoms with Crippen molar-refractivity contribution in [1.82, 2.24) is 19.9 Å². The van der Waals surface area contributed by atoms with E-state index < -0.39 is 0 Å². The average Bonchev–Trinajstić information content (AvgIpc) is 2.95. The van der Waals surface area contributed by atoms with Crippen molar-refractivity contribution < 1.29 is 0 Å². The quantitative estimate of drug-likeness (QED) is 0.915. The first kappa shape index (κ1) is 13.8. The van der Waals surface area contributed by atoms with Gasteiger partial charge in [-0.25, -0.2) is 0 Å². The summed E-state index contributed by atoms with van der Waals surface area (Å²) in [5, 5.41) is 3.68. The van der Waals surface area contributed by atoms with Crippen LogP contribution in [0.4, 0.5) is 11.9 Å². The highest BCUT2D eigenvalue weighted by atomic mass is 35.5. The zero-order valence-electron chi connectivity index (χ0n) is 11.8. The molecule has 2 fully saturated rings. The van der Waals surface area contributed by atoms with Crippen LogP contribution < -0.4 is 10.2 Å². The maximum atomic E-state index is 6.03. The molecule has 7 heteroatoms. The molecule has 0 radical (unpaired) electrons. The van der Waals surface area contributed by atoms with Crippen molar-refractivity contribution in [2.75, 3.05) is 43.4 Å². The Labute approximate surface area is 124 Å². The number of aromatic nitrogens is 3. The highest BCUT2D eigenvalue weighted by Gasteiger charge is 2.20. The van der Waals surface area contributed by atoms with Gasteiger partial charge in [0.15, 0.2) is 0 Å². The van der Waals surface area contributed by atoms with Crippen molar-refractivity contribution >= 4 is 23.5 Å². The minimum atomic E-state index is 0.275. The van der Waals surface area contributed by atoms with E-state index in [1.54, 1.807) is 0 Å². The summed E-state index contributed by atoms with van der Waals surface area (Å²) in [5.41, 5.74) is 0. The molecule has 0 aromatic carbocycles. The lowest BCUT2D eigenvalue weighted by Gasteiger charge is -2.29. The second-order valence-corrected chi connectivity index (χ2v) is 5.98. The first-order valence-electron chi connectivity index (χ1n) is 7.32.